The van der Waals surface area contributed by atoms with Crippen molar-refractivity contribution in [1.82, 2.24) is 9.80 Å². The van der Waals surface area contributed by atoms with Crippen LogP contribution in [0, 0.1) is 11.7 Å². The zero-order valence-corrected chi connectivity index (χ0v) is 12.1. The Morgan fingerprint density at radius 2 is 1.81 bits per heavy atom. The summed E-state index contributed by atoms with van der Waals surface area (Å²) in [5.41, 5.74) is 0. The summed E-state index contributed by atoms with van der Waals surface area (Å²) >= 11 is 0. The van der Waals surface area contributed by atoms with E-state index >= 15 is 0 Å². The number of piperazine rings is 1. The Balaban J connectivity index is 1.40. The minimum Gasteiger partial charge on any atom is -0.484 e. The molecule has 0 aromatic heterocycles. The number of hydrogen-bond donors (Lipinski definition) is 0. The summed E-state index contributed by atoms with van der Waals surface area (Å²) in [6.45, 7) is 4.68. The molecule has 0 spiro atoms. The quantitative estimate of drug-likeness (QED) is 0.829. The molecular weight excluding hydrogens is 271 g/mol. The van der Waals surface area contributed by atoms with Crippen molar-refractivity contribution < 1.29 is 13.9 Å². The number of rotatable bonds is 5. The standard InChI is InChI=1S/C16H21FN2O2/c17-14-3-5-15(6-4-14)21-12-16(20)19-9-7-18(8-10-19)11-13-1-2-13/h3-6,13H,1-2,7-12H2. The molecule has 0 N–H and O–H groups in total. The van der Waals surface area contributed by atoms with E-state index in [1.165, 1.54) is 43.7 Å². The van der Waals surface area contributed by atoms with Gasteiger partial charge in [0, 0.05) is 32.7 Å². The van der Waals surface area contributed by atoms with Gasteiger partial charge in [0.2, 0.25) is 0 Å². The topological polar surface area (TPSA) is 32.8 Å². The van der Waals surface area contributed by atoms with E-state index in [1.54, 1.807) is 0 Å². The molecule has 0 bridgehead atoms. The zero-order valence-electron chi connectivity index (χ0n) is 12.1. The Kier molecular flexibility index (Phi) is 4.39. The van der Waals surface area contributed by atoms with E-state index in [0.717, 1.165) is 32.1 Å². The number of halogens is 1. The van der Waals surface area contributed by atoms with Crippen LogP contribution in [0.25, 0.3) is 0 Å². The van der Waals surface area contributed by atoms with Gasteiger partial charge in [0.15, 0.2) is 6.61 Å². The van der Waals surface area contributed by atoms with Crippen LogP contribution < -0.4 is 4.74 Å². The maximum atomic E-state index is 12.8. The lowest BCUT2D eigenvalue weighted by Gasteiger charge is -2.34. The van der Waals surface area contributed by atoms with Gasteiger partial charge in [0.1, 0.15) is 11.6 Å². The molecule has 5 heteroatoms. The van der Waals surface area contributed by atoms with E-state index in [2.05, 4.69) is 4.90 Å². The smallest absolute Gasteiger partial charge is 0.260 e. The lowest BCUT2D eigenvalue weighted by atomic mass is 10.3. The predicted octanol–water partition coefficient (Wildman–Crippen LogP) is 1.76. The van der Waals surface area contributed by atoms with Crippen LogP contribution in [0.5, 0.6) is 5.75 Å². The maximum absolute atomic E-state index is 12.8. The first kappa shape index (κ1) is 14.3. The van der Waals surface area contributed by atoms with Crippen molar-refractivity contribution in [2.24, 2.45) is 5.92 Å². The second kappa shape index (κ2) is 6.43. The summed E-state index contributed by atoms with van der Waals surface area (Å²) in [4.78, 5) is 16.4. The highest BCUT2D eigenvalue weighted by Crippen LogP contribution is 2.29. The van der Waals surface area contributed by atoms with Crippen LogP contribution in [-0.4, -0.2) is 55.0 Å². The highest BCUT2D eigenvalue weighted by atomic mass is 19.1. The minimum atomic E-state index is -0.305. The van der Waals surface area contributed by atoms with E-state index < -0.39 is 0 Å². The third-order valence-electron chi connectivity index (χ3n) is 4.11. The van der Waals surface area contributed by atoms with E-state index in [1.807, 2.05) is 4.90 Å². The van der Waals surface area contributed by atoms with Gasteiger partial charge in [-0.3, -0.25) is 9.69 Å². The summed E-state index contributed by atoms with van der Waals surface area (Å²) in [5, 5.41) is 0. The Morgan fingerprint density at radius 3 is 2.43 bits per heavy atom. The first-order chi connectivity index (χ1) is 10.2. The second-order valence-corrected chi connectivity index (χ2v) is 5.87. The van der Waals surface area contributed by atoms with Crippen LogP contribution in [0.4, 0.5) is 4.39 Å². The normalized spacial score (nSPS) is 19.6. The molecule has 2 aliphatic rings. The molecule has 1 heterocycles. The van der Waals surface area contributed by atoms with Gasteiger partial charge in [-0.25, -0.2) is 4.39 Å². The van der Waals surface area contributed by atoms with Gasteiger partial charge >= 0.3 is 0 Å². The molecule has 0 atom stereocenters. The summed E-state index contributed by atoms with van der Waals surface area (Å²) in [6.07, 6.45) is 2.73. The van der Waals surface area contributed by atoms with Crippen molar-refractivity contribution in [2.45, 2.75) is 12.8 Å². The van der Waals surface area contributed by atoms with Crippen LogP contribution in [0.3, 0.4) is 0 Å². The molecule has 1 saturated heterocycles. The van der Waals surface area contributed by atoms with Crippen LogP contribution >= 0.6 is 0 Å². The highest BCUT2D eigenvalue weighted by molar-refractivity contribution is 5.77. The molecule has 1 aromatic carbocycles. The molecule has 1 aliphatic heterocycles. The molecule has 21 heavy (non-hydrogen) atoms. The molecule has 4 nitrogen and oxygen atoms in total. The lowest BCUT2D eigenvalue weighted by molar-refractivity contribution is -0.135. The molecule has 0 unspecified atom stereocenters. The van der Waals surface area contributed by atoms with E-state index in [-0.39, 0.29) is 18.3 Å². The number of amides is 1. The summed E-state index contributed by atoms with van der Waals surface area (Å²) in [6, 6.07) is 5.74. The van der Waals surface area contributed by atoms with Crippen molar-refractivity contribution in [2.75, 3.05) is 39.3 Å². The molecule has 2 fully saturated rings. The van der Waals surface area contributed by atoms with Gasteiger partial charge in [0.25, 0.3) is 5.91 Å². The molecule has 1 aromatic rings. The number of hydrogen-bond acceptors (Lipinski definition) is 3. The fourth-order valence-electron chi connectivity index (χ4n) is 2.61. The summed E-state index contributed by atoms with van der Waals surface area (Å²) < 4.78 is 18.2. The third-order valence-corrected chi connectivity index (χ3v) is 4.11. The maximum Gasteiger partial charge on any atom is 0.260 e. The van der Waals surface area contributed by atoms with Gasteiger partial charge in [-0.1, -0.05) is 0 Å². The van der Waals surface area contributed by atoms with Crippen molar-refractivity contribution in [3.8, 4) is 5.75 Å². The molecule has 1 saturated carbocycles. The van der Waals surface area contributed by atoms with E-state index in [4.69, 9.17) is 4.74 Å². The zero-order chi connectivity index (χ0) is 14.7. The van der Waals surface area contributed by atoms with Crippen molar-refractivity contribution in [1.29, 1.82) is 0 Å². The van der Waals surface area contributed by atoms with Crippen LogP contribution in [0.2, 0.25) is 0 Å². The SMILES string of the molecule is O=C(COc1ccc(F)cc1)N1CCN(CC2CC2)CC1. The Hall–Kier alpha value is -1.62. The fourth-order valence-corrected chi connectivity index (χ4v) is 2.61. The van der Waals surface area contributed by atoms with Crippen molar-refractivity contribution in [3.05, 3.63) is 30.1 Å². The first-order valence-corrected chi connectivity index (χ1v) is 7.59. The van der Waals surface area contributed by atoms with Gasteiger partial charge < -0.3 is 9.64 Å². The van der Waals surface area contributed by atoms with Crippen LogP contribution in [-0.2, 0) is 4.79 Å². The second-order valence-electron chi connectivity index (χ2n) is 5.87. The molecule has 114 valence electrons. The van der Waals surface area contributed by atoms with Gasteiger partial charge in [-0.2, -0.15) is 0 Å². The highest BCUT2D eigenvalue weighted by Gasteiger charge is 2.27. The average molecular weight is 292 g/mol. The number of carbonyl (C=O) groups excluding carboxylic acids is 1. The number of benzene rings is 1. The van der Waals surface area contributed by atoms with Crippen molar-refractivity contribution in [3.63, 3.8) is 0 Å². The lowest BCUT2D eigenvalue weighted by Crippen LogP contribution is -2.50. The Morgan fingerprint density at radius 1 is 1.14 bits per heavy atom. The molecule has 1 amide bonds. The average Bonchev–Trinajstić information content (AvgIpc) is 3.31. The number of ether oxygens (including phenoxy) is 1. The first-order valence-electron chi connectivity index (χ1n) is 7.59. The Labute approximate surface area is 124 Å². The minimum absolute atomic E-state index is 0.00500. The molecule has 0 radical (unpaired) electrons. The van der Waals surface area contributed by atoms with Crippen molar-refractivity contribution >= 4 is 5.91 Å². The largest absolute Gasteiger partial charge is 0.484 e. The van der Waals surface area contributed by atoms with Crippen LogP contribution in [0.1, 0.15) is 12.8 Å². The molecular formula is C16H21FN2O2. The Bertz CT molecular complexity index is 480. The van der Waals surface area contributed by atoms with E-state index in [9.17, 15) is 9.18 Å². The fraction of sp³-hybridized carbons (Fsp3) is 0.562. The monoisotopic (exact) mass is 292 g/mol. The number of carbonyl (C=O) groups is 1. The van der Waals surface area contributed by atoms with Gasteiger partial charge in [0.05, 0.1) is 0 Å². The van der Waals surface area contributed by atoms with Gasteiger partial charge in [-0.05, 0) is 43.0 Å². The number of nitrogens with zero attached hydrogens (tertiary/aromatic N) is 2. The third kappa shape index (κ3) is 4.17. The molecule has 3 rings (SSSR count). The molecule has 1 aliphatic carbocycles. The van der Waals surface area contributed by atoms with E-state index in [0.29, 0.717) is 5.75 Å². The summed E-state index contributed by atoms with van der Waals surface area (Å²) in [7, 11) is 0. The predicted molar refractivity (Wildman–Crippen MR) is 77.6 cm³/mol. The van der Waals surface area contributed by atoms with Gasteiger partial charge in [-0.15, -0.1) is 0 Å². The summed E-state index contributed by atoms with van der Waals surface area (Å²) in [5.74, 6) is 1.12. The van der Waals surface area contributed by atoms with Crippen LogP contribution in [0.15, 0.2) is 24.3 Å².